The minimum atomic E-state index is -0.342. The van der Waals surface area contributed by atoms with Crippen molar-refractivity contribution in [3.05, 3.63) is 59.7 Å². The van der Waals surface area contributed by atoms with E-state index in [4.69, 9.17) is 5.26 Å². The summed E-state index contributed by atoms with van der Waals surface area (Å²) in [6.45, 7) is 4.29. The highest BCUT2D eigenvalue weighted by Crippen LogP contribution is 2.27. The van der Waals surface area contributed by atoms with Gasteiger partial charge in [-0.05, 0) is 23.6 Å². The number of rotatable bonds is 3. The molecule has 0 aliphatic rings. The number of benzene rings is 1. The fourth-order valence-electron chi connectivity index (χ4n) is 2.57. The summed E-state index contributed by atoms with van der Waals surface area (Å²) in [6.07, 6.45) is 1.56. The molecular weight excluding hydrogens is 277 g/mol. The molecule has 2 aromatic heterocycles. The highest BCUT2D eigenvalue weighted by Gasteiger charge is 2.14. The quantitative estimate of drug-likeness (QED) is 0.721. The van der Waals surface area contributed by atoms with E-state index in [9.17, 15) is 4.39 Å². The first-order chi connectivity index (χ1) is 10.6. The topological polar surface area (TPSA) is 41.1 Å². The van der Waals surface area contributed by atoms with Gasteiger partial charge in [0.05, 0.1) is 23.9 Å². The number of aromatic nitrogens is 2. The first kappa shape index (κ1) is 14.3. The predicted octanol–water partition coefficient (Wildman–Crippen LogP) is 4.33. The first-order valence-electron chi connectivity index (χ1n) is 7.24. The van der Waals surface area contributed by atoms with Crippen molar-refractivity contribution in [3.63, 3.8) is 0 Å². The summed E-state index contributed by atoms with van der Waals surface area (Å²) in [7, 11) is 0. The Morgan fingerprint density at radius 3 is 2.55 bits per heavy atom. The normalized spacial score (nSPS) is 11.0. The monoisotopic (exact) mass is 293 g/mol. The van der Waals surface area contributed by atoms with Crippen molar-refractivity contribution >= 4 is 5.65 Å². The third-order valence-electron chi connectivity index (χ3n) is 3.78. The summed E-state index contributed by atoms with van der Waals surface area (Å²) in [4.78, 5) is 4.56. The third kappa shape index (κ3) is 2.46. The number of pyridine rings is 1. The van der Waals surface area contributed by atoms with E-state index in [-0.39, 0.29) is 12.2 Å². The molecule has 3 nitrogen and oxygen atoms in total. The molecule has 0 bridgehead atoms. The van der Waals surface area contributed by atoms with Gasteiger partial charge in [0, 0.05) is 11.8 Å². The lowest BCUT2D eigenvalue weighted by Crippen LogP contribution is -1.95. The average molecular weight is 293 g/mol. The van der Waals surface area contributed by atoms with Crippen molar-refractivity contribution in [2.24, 2.45) is 0 Å². The van der Waals surface area contributed by atoms with Crippen LogP contribution in [-0.4, -0.2) is 9.38 Å². The van der Waals surface area contributed by atoms with Crippen LogP contribution in [-0.2, 0) is 6.42 Å². The molecule has 0 radical (unpaired) electrons. The Balaban J connectivity index is 2.17. The molecule has 22 heavy (non-hydrogen) atoms. The molecule has 0 aliphatic heterocycles. The molecule has 0 aliphatic carbocycles. The lowest BCUT2D eigenvalue weighted by molar-refractivity contribution is 0.618. The Kier molecular flexibility index (Phi) is 3.64. The number of nitrogens with zero attached hydrogens (tertiary/aromatic N) is 3. The van der Waals surface area contributed by atoms with E-state index in [0.717, 1.165) is 11.3 Å². The molecule has 4 heteroatoms. The largest absolute Gasteiger partial charge is 0.299 e. The Morgan fingerprint density at radius 2 is 1.91 bits per heavy atom. The Hall–Kier alpha value is -2.67. The van der Waals surface area contributed by atoms with E-state index in [0.29, 0.717) is 17.3 Å². The standard InChI is InChI=1S/C18H16FN3/c1-12(2)13-3-5-14(6-4-13)18-16(9-10-20)22-11-15(19)7-8-17(22)21-18/h3-8,11-12H,9H2,1-2H3. The minimum absolute atomic E-state index is 0.186. The highest BCUT2D eigenvalue weighted by molar-refractivity contribution is 5.67. The van der Waals surface area contributed by atoms with Gasteiger partial charge in [-0.3, -0.25) is 4.40 Å². The van der Waals surface area contributed by atoms with Gasteiger partial charge in [-0.15, -0.1) is 0 Å². The average Bonchev–Trinajstić information content (AvgIpc) is 2.86. The molecule has 0 fully saturated rings. The van der Waals surface area contributed by atoms with Crippen LogP contribution in [0, 0.1) is 17.1 Å². The van der Waals surface area contributed by atoms with E-state index in [1.165, 1.54) is 17.8 Å². The molecule has 0 saturated carbocycles. The number of fused-ring (bicyclic) bond motifs is 1. The summed E-state index contributed by atoms with van der Waals surface area (Å²) < 4.78 is 15.1. The second-order valence-corrected chi connectivity index (χ2v) is 5.59. The van der Waals surface area contributed by atoms with Gasteiger partial charge in [-0.25, -0.2) is 9.37 Å². The smallest absolute Gasteiger partial charge is 0.139 e. The predicted molar refractivity (Wildman–Crippen MR) is 84.0 cm³/mol. The molecule has 0 unspecified atom stereocenters. The summed E-state index contributed by atoms with van der Waals surface area (Å²) in [5.41, 5.74) is 4.30. The molecule has 0 N–H and O–H groups in total. The fraction of sp³-hybridized carbons (Fsp3) is 0.222. The van der Waals surface area contributed by atoms with Crippen LogP contribution in [0.25, 0.3) is 16.9 Å². The van der Waals surface area contributed by atoms with Gasteiger partial charge in [0.2, 0.25) is 0 Å². The molecule has 0 atom stereocenters. The van der Waals surface area contributed by atoms with Crippen LogP contribution in [0.15, 0.2) is 42.6 Å². The molecule has 3 aromatic rings. The zero-order chi connectivity index (χ0) is 15.7. The molecule has 2 heterocycles. The van der Waals surface area contributed by atoms with Crippen LogP contribution in [0.5, 0.6) is 0 Å². The van der Waals surface area contributed by atoms with Gasteiger partial charge in [0.25, 0.3) is 0 Å². The maximum Gasteiger partial charge on any atom is 0.139 e. The van der Waals surface area contributed by atoms with E-state index in [1.807, 2.05) is 12.1 Å². The summed E-state index contributed by atoms with van der Waals surface area (Å²) in [5.74, 6) is 0.119. The van der Waals surface area contributed by atoms with Gasteiger partial charge < -0.3 is 0 Å². The SMILES string of the molecule is CC(C)c1ccc(-c2nc3ccc(F)cn3c2CC#N)cc1. The number of halogens is 1. The van der Waals surface area contributed by atoms with Gasteiger partial charge in [-0.2, -0.15) is 5.26 Å². The molecule has 110 valence electrons. The molecule has 1 aromatic carbocycles. The summed E-state index contributed by atoms with van der Waals surface area (Å²) in [5, 5.41) is 9.07. The van der Waals surface area contributed by atoms with Crippen LogP contribution >= 0.6 is 0 Å². The van der Waals surface area contributed by atoms with Crippen LogP contribution in [0.2, 0.25) is 0 Å². The van der Waals surface area contributed by atoms with Crippen molar-refractivity contribution in [3.8, 4) is 17.3 Å². The van der Waals surface area contributed by atoms with Crippen molar-refractivity contribution in [1.29, 1.82) is 5.26 Å². The summed E-state index contributed by atoms with van der Waals surface area (Å²) in [6, 6.07) is 13.3. The van der Waals surface area contributed by atoms with Crippen molar-refractivity contribution in [2.75, 3.05) is 0 Å². The van der Waals surface area contributed by atoms with E-state index in [1.54, 1.807) is 10.5 Å². The minimum Gasteiger partial charge on any atom is -0.299 e. The van der Waals surface area contributed by atoms with Gasteiger partial charge >= 0.3 is 0 Å². The molecule has 3 rings (SSSR count). The number of hydrogen-bond acceptors (Lipinski definition) is 2. The van der Waals surface area contributed by atoms with Crippen molar-refractivity contribution in [1.82, 2.24) is 9.38 Å². The van der Waals surface area contributed by atoms with Crippen molar-refractivity contribution < 1.29 is 4.39 Å². The lowest BCUT2D eigenvalue weighted by Gasteiger charge is -2.06. The van der Waals surface area contributed by atoms with Gasteiger partial charge in [0.1, 0.15) is 11.5 Å². The summed E-state index contributed by atoms with van der Waals surface area (Å²) >= 11 is 0. The Labute approximate surface area is 128 Å². The second kappa shape index (κ2) is 5.61. The van der Waals surface area contributed by atoms with E-state index in [2.05, 4.69) is 37.0 Å². The fourth-order valence-corrected chi connectivity index (χ4v) is 2.57. The molecule has 0 saturated heterocycles. The zero-order valence-electron chi connectivity index (χ0n) is 12.5. The van der Waals surface area contributed by atoms with Gasteiger partial charge in [0.15, 0.2) is 0 Å². The van der Waals surface area contributed by atoms with Gasteiger partial charge in [-0.1, -0.05) is 38.1 Å². The number of hydrogen-bond donors (Lipinski definition) is 0. The first-order valence-corrected chi connectivity index (χ1v) is 7.24. The highest BCUT2D eigenvalue weighted by atomic mass is 19.1. The maximum atomic E-state index is 13.5. The van der Waals surface area contributed by atoms with Crippen LogP contribution in [0.3, 0.4) is 0 Å². The second-order valence-electron chi connectivity index (χ2n) is 5.59. The Morgan fingerprint density at radius 1 is 1.18 bits per heavy atom. The lowest BCUT2D eigenvalue weighted by atomic mass is 10.00. The Bertz CT molecular complexity index is 854. The number of imidazole rings is 1. The molecular formula is C18H16FN3. The van der Waals surface area contributed by atoms with E-state index < -0.39 is 0 Å². The zero-order valence-corrected chi connectivity index (χ0v) is 12.5. The van der Waals surface area contributed by atoms with Crippen LogP contribution in [0.1, 0.15) is 31.0 Å². The van der Waals surface area contributed by atoms with Crippen LogP contribution in [0.4, 0.5) is 4.39 Å². The molecule has 0 spiro atoms. The van der Waals surface area contributed by atoms with Crippen molar-refractivity contribution in [2.45, 2.75) is 26.2 Å². The molecule has 0 amide bonds. The third-order valence-corrected chi connectivity index (χ3v) is 3.78. The van der Waals surface area contributed by atoms with E-state index >= 15 is 0 Å². The number of nitriles is 1. The van der Waals surface area contributed by atoms with Crippen LogP contribution < -0.4 is 0 Å². The maximum absolute atomic E-state index is 13.5.